The molecule has 1 aliphatic heterocycles. The fraction of sp³-hybridized carbons (Fsp3) is 0.421. The lowest BCUT2D eigenvalue weighted by molar-refractivity contribution is -0.137. The Labute approximate surface area is 170 Å². The van der Waals surface area contributed by atoms with Gasteiger partial charge in [0.1, 0.15) is 11.9 Å². The smallest absolute Gasteiger partial charge is 0.355 e. The van der Waals surface area contributed by atoms with Crippen molar-refractivity contribution in [2.75, 3.05) is 31.1 Å². The van der Waals surface area contributed by atoms with E-state index in [0.717, 1.165) is 12.3 Å². The molecule has 3 rings (SSSR count). The van der Waals surface area contributed by atoms with E-state index < -0.39 is 17.8 Å². The Hall–Kier alpha value is -2.62. The van der Waals surface area contributed by atoms with Crippen molar-refractivity contribution in [2.45, 2.75) is 25.6 Å². The van der Waals surface area contributed by atoms with Gasteiger partial charge in [-0.1, -0.05) is 6.07 Å². The van der Waals surface area contributed by atoms with Gasteiger partial charge in [-0.2, -0.15) is 13.2 Å². The molecule has 3 heterocycles. The predicted molar refractivity (Wildman–Crippen MR) is 104 cm³/mol. The number of carbonyl (C=O) groups is 2. The summed E-state index contributed by atoms with van der Waals surface area (Å²) in [5.41, 5.74) is -0.789. The van der Waals surface area contributed by atoms with Crippen LogP contribution in [0.15, 0.2) is 35.8 Å². The van der Waals surface area contributed by atoms with Crippen LogP contribution in [-0.2, 0) is 11.0 Å². The minimum atomic E-state index is -4.42. The zero-order valence-electron chi connectivity index (χ0n) is 15.8. The second kappa shape index (κ2) is 8.81. The molecule has 1 aliphatic rings. The van der Waals surface area contributed by atoms with E-state index in [2.05, 4.69) is 10.3 Å². The topological polar surface area (TPSA) is 65.5 Å². The minimum absolute atomic E-state index is 0.183. The third kappa shape index (κ3) is 5.26. The van der Waals surface area contributed by atoms with Crippen LogP contribution in [-0.4, -0.2) is 53.9 Å². The molecule has 1 fully saturated rings. The summed E-state index contributed by atoms with van der Waals surface area (Å²) in [5.74, 6) is -0.0188. The molecule has 0 bridgehead atoms. The summed E-state index contributed by atoms with van der Waals surface area (Å²) in [6.07, 6.45) is -2.94. The van der Waals surface area contributed by atoms with Gasteiger partial charge in [0.05, 0.1) is 10.4 Å². The first kappa shape index (κ1) is 21.1. The Morgan fingerprint density at radius 3 is 2.59 bits per heavy atom. The van der Waals surface area contributed by atoms with Gasteiger partial charge in [-0.05, 0) is 36.9 Å². The van der Waals surface area contributed by atoms with Gasteiger partial charge >= 0.3 is 6.18 Å². The van der Waals surface area contributed by atoms with Crippen molar-refractivity contribution in [3.8, 4) is 0 Å². The van der Waals surface area contributed by atoms with E-state index in [9.17, 15) is 22.8 Å². The average molecular weight is 426 g/mol. The number of carbonyl (C=O) groups excluding carboxylic acids is 2. The first-order chi connectivity index (χ1) is 13.8. The molecular weight excluding hydrogens is 405 g/mol. The molecule has 2 aromatic heterocycles. The molecule has 0 radical (unpaired) electrons. The molecule has 1 unspecified atom stereocenters. The fourth-order valence-electron chi connectivity index (χ4n) is 3.12. The first-order valence-corrected chi connectivity index (χ1v) is 10.0. The van der Waals surface area contributed by atoms with E-state index in [4.69, 9.17) is 0 Å². The van der Waals surface area contributed by atoms with Crippen molar-refractivity contribution < 1.29 is 22.8 Å². The van der Waals surface area contributed by atoms with Crippen molar-refractivity contribution in [3.63, 3.8) is 0 Å². The molecule has 2 amide bonds. The number of nitrogens with one attached hydrogen (secondary N) is 1. The molecular formula is C19H21F3N4O2S. The number of hydrogen-bond donors (Lipinski definition) is 1. The molecule has 0 aliphatic carbocycles. The van der Waals surface area contributed by atoms with Gasteiger partial charge in [0, 0.05) is 32.4 Å². The number of aromatic nitrogens is 1. The molecule has 0 spiro atoms. The van der Waals surface area contributed by atoms with Crippen molar-refractivity contribution in [1.82, 2.24) is 15.2 Å². The third-order valence-corrected chi connectivity index (χ3v) is 5.54. The maximum atomic E-state index is 12.7. The number of nitrogens with zero attached hydrogens (tertiary/aromatic N) is 3. The molecule has 1 N–H and O–H groups in total. The number of anilines is 1. The number of hydrogen-bond acceptors (Lipinski definition) is 5. The van der Waals surface area contributed by atoms with Gasteiger partial charge in [0.2, 0.25) is 5.91 Å². The van der Waals surface area contributed by atoms with E-state index >= 15 is 0 Å². The Balaban J connectivity index is 1.57. The van der Waals surface area contributed by atoms with Crippen molar-refractivity contribution >= 4 is 29.0 Å². The van der Waals surface area contributed by atoms with Crippen LogP contribution < -0.4 is 10.2 Å². The number of halogens is 3. The highest BCUT2D eigenvalue weighted by Crippen LogP contribution is 2.29. The highest BCUT2D eigenvalue weighted by atomic mass is 32.1. The van der Waals surface area contributed by atoms with Gasteiger partial charge < -0.3 is 15.1 Å². The Kier molecular flexibility index (Phi) is 6.41. The summed E-state index contributed by atoms with van der Waals surface area (Å²) in [4.78, 5) is 32.9. The summed E-state index contributed by atoms with van der Waals surface area (Å²) in [6, 6.07) is 5.16. The molecule has 0 saturated carbocycles. The zero-order chi connectivity index (χ0) is 21.0. The standard InChI is InChI=1S/C19H21F3N4O2S/c1-13(24-17(27)15-4-2-11-29-15)18(28)26-8-3-7-25(9-10-26)16-6-5-14(12-23-16)19(20,21)22/h2,4-6,11-13H,3,7-10H2,1H3,(H,24,27). The minimum Gasteiger partial charge on any atom is -0.355 e. The molecule has 0 aromatic carbocycles. The van der Waals surface area contributed by atoms with Crippen molar-refractivity contribution in [2.24, 2.45) is 0 Å². The maximum absolute atomic E-state index is 12.7. The monoisotopic (exact) mass is 426 g/mol. The van der Waals surface area contributed by atoms with Crippen LogP contribution in [0.3, 0.4) is 0 Å². The van der Waals surface area contributed by atoms with E-state index in [1.807, 2.05) is 4.90 Å². The van der Waals surface area contributed by atoms with E-state index in [0.29, 0.717) is 43.3 Å². The summed E-state index contributed by atoms with van der Waals surface area (Å²) >= 11 is 1.30. The highest BCUT2D eigenvalue weighted by molar-refractivity contribution is 7.12. The lowest BCUT2D eigenvalue weighted by Gasteiger charge is -2.25. The second-order valence-electron chi connectivity index (χ2n) is 6.74. The molecule has 1 saturated heterocycles. The number of rotatable bonds is 4. The molecule has 10 heteroatoms. The lowest BCUT2D eigenvalue weighted by atomic mass is 10.2. The third-order valence-electron chi connectivity index (χ3n) is 4.67. The van der Waals surface area contributed by atoms with E-state index in [1.54, 1.807) is 29.3 Å². The number of alkyl halides is 3. The summed E-state index contributed by atoms with van der Waals surface area (Å²) < 4.78 is 38.1. The zero-order valence-corrected chi connectivity index (χ0v) is 16.6. The van der Waals surface area contributed by atoms with E-state index in [-0.39, 0.29) is 11.8 Å². The Morgan fingerprint density at radius 2 is 1.97 bits per heavy atom. The van der Waals surface area contributed by atoms with E-state index in [1.165, 1.54) is 17.4 Å². The number of thiophene rings is 1. The molecule has 156 valence electrons. The van der Waals surface area contributed by atoms with Crippen LogP contribution >= 0.6 is 11.3 Å². The Morgan fingerprint density at radius 1 is 1.17 bits per heavy atom. The van der Waals surface area contributed by atoms with Gasteiger partial charge in [-0.3, -0.25) is 9.59 Å². The molecule has 1 atom stereocenters. The Bertz CT molecular complexity index is 840. The van der Waals surface area contributed by atoms with Crippen LogP contribution in [0, 0.1) is 0 Å². The van der Waals surface area contributed by atoms with Crippen LogP contribution in [0.1, 0.15) is 28.6 Å². The summed E-state index contributed by atoms with van der Waals surface area (Å²) in [7, 11) is 0. The lowest BCUT2D eigenvalue weighted by Crippen LogP contribution is -2.47. The van der Waals surface area contributed by atoms with Crippen LogP contribution in [0.5, 0.6) is 0 Å². The van der Waals surface area contributed by atoms with Gasteiger partial charge in [-0.25, -0.2) is 4.98 Å². The predicted octanol–water partition coefficient (Wildman–Crippen LogP) is 3.02. The first-order valence-electron chi connectivity index (χ1n) is 9.17. The van der Waals surface area contributed by atoms with Crippen LogP contribution in [0.2, 0.25) is 0 Å². The summed E-state index contributed by atoms with van der Waals surface area (Å²) in [6.45, 7) is 3.59. The second-order valence-corrected chi connectivity index (χ2v) is 7.69. The quantitative estimate of drug-likeness (QED) is 0.816. The number of pyridine rings is 1. The summed E-state index contributed by atoms with van der Waals surface area (Å²) in [5, 5.41) is 4.50. The van der Waals surface area contributed by atoms with Crippen molar-refractivity contribution in [3.05, 3.63) is 46.3 Å². The normalized spacial score (nSPS) is 16.3. The highest BCUT2D eigenvalue weighted by Gasteiger charge is 2.31. The van der Waals surface area contributed by atoms with Crippen LogP contribution in [0.4, 0.5) is 19.0 Å². The van der Waals surface area contributed by atoms with Crippen LogP contribution in [0.25, 0.3) is 0 Å². The van der Waals surface area contributed by atoms with Crippen molar-refractivity contribution in [1.29, 1.82) is 0 Å². The van der Waals surface area contributed by atoms with Gasteiger partial charge in [0.25, 0.3) is 5.91 Å². The van der Waals surface area contributed by atoms with Gasteiger partial charge in [-0.15, -0.1) is 11.3 Å². The molecule has 29 heavy (non-hydrogen) atoms. The van der Waals surface area contributed by atoms with Gasteiger partial charge in [0.15, 0.2) is 0 Å². The number of amides is 2. The average Bonchev–Trinajstić information content (AvgIpc) is 3.12. The largest absolute Gasteiger partial charge is 0.417 e. The molecule has 6 nitrogen and oxygen atoms in total. The molecule has 2 aromatic rings. The SMILES string of the molecule is CC(NC(=O)c1cccs1)C(=O)N1CCCN(c2ccc(C(F)(F)F)cn2)CC1. The maximum Gasteiger partial charge on any atom is 0.417 e. The fourth-order valence-corrected chi connectivity index (χ4v) is 3.75.